The molecule has 162 valence electrons. The van der Waals surface area contributed by atoms with E-state index < -0.39 is 23.4 Å². The van der Waals surface area contributed by atoms with Crippen LogP contribution in [0.4, 0.5) is 20.3 Å². The van der Waals surface area contributed by atoms with Crippen LogP contribution in [0.15, 0.2) is 65.8 Å². The Bertz CT molecular complexity index is 1210. The number of carbonyl (C=O) groups is 2. The number of aromatic nitrogens is 1. The van der Waals surface area contributed by atoms with Crippen molar-refractivity contribution in [3.05, 3.63) is 82.3 Å². The largest absolute Gasteiger partial charge is 0.363 e. The monoisotopic (exact) mass is 452 g/mol. The number of hydrogen-bond donors (Lipinski definition) is 0. The minimum atomic E-state index is -0.960. The lowest BCUT2D eigenvalue weighted by molar-refractivity contribution is -0.120. The molecule has 1 saturated heterocycles. The van der Waals surface area contributed by atoms with E-state index in [-0.39, 0.29) is 17.0 Å². The molecule has 5 rings (SSSR count). The van der Waals surface area contributed by atoms with E-state index in [9.17, 15) is 18.4 Å². The van der Waals surface area contributed by atoms with E-state index in [4.69, 9.17) is 0 Å². The molecule has 0 saturated carbocycles. The fraction of sp³-hybridized carbons (Fsp3) is 0.174. The molecule has 0 bridgehead atoms. The van der Waals surface area contributed by atoms with Crippen molar-refractivity contribution in [1.29, 1.82) is 0 Å². The Balaban J connectivity index is 1.49. The van der Waals surface area contributed by atoms with Crippen LogP contribution in [0.1, 0.15) is 4.88 Å². The smallest absolute Gasteiger partial charge is 0.282 e. The summed E-state index contributed by atoms with van der Waals surface area (Å²) in [6, 6.07) is 12.1. The van der Waals surface area contributed by atoms with Crippen molar-refractivity contribution in [3.8, 4) is 0 Å². The van der Waals surface area contributed by atoms with Gasteiger partial charge < -0.3 is 9.80 Å². The number of hydrogen-bond acceptors (Lipinski definition) is 6. The molecule has 2 aromatic heterocycles. The van der Waals surface area contributed by atoms with Crippen molar-refractivity contribution in [1.82, 2.24) is 9.88 Å². The van der Waals surface area contributed by atoms with Gasteiger partial charge in [0.15, 0.2) is 0 Å². The number of anilines is 2. The van der Waals surface area contributed by atoms with Gasteiger partial charge in [0.05, 0.1) is 11.3 Å². The fourth-order valence-electron chi connectivity index (χ4n) is 4.04. The van der Waals surface area contributed by atoms with Crippen LogP contribution >= 0.6 is 11.3 Å². The topological polar surface area (TPSA) is 56.8 Å². The summed E-state index contributed by atoms with van der Waals surface area (Å²) in [7, 11) is 0. The molecule has 32 heavy (non-hydrogen) atoms. The molecule has 9 heteroatoms. The SMILES string of the molecule is O=C1C(c2cccs2)=C(N2CCN(c3ccccn3)CC2)C(=O)N1c1ccc(F)cc1F. The molecule has 1 aromatic carbocycles. The summed E-state index contributed by atoms with van der Waals surface area (Å²) < 4.78 is 27.9. The first-order chi connectivity index (χ1) is 15.5. The number of piperazine rings is 1. The van der Waals surface area contributed by atoms with Gasteiger partial charge in [-0.25, -0.2) is 18.7 Å². The molecule has 0 unspecified atom stereocenters. The van der Waals surface area contributed by atoms with Gasteiger partial charge in [0.25, 0.3) is 11.8 Å². The molecule has 6 nitrogen and oxygen atoms in total. The van der Waals surface area contributed by atoms with Crippen molar-refractivity contribution < 1.29 is 18.4 Å². The summed E-state index contributed by atoms with van der Waals surface area (Å²) in [6.45, 7) is 2.23. The summed E-state index contributed by atoms with van der Waals surface area (Å²) in [4.78, 5) is 36.6. The lowest BCUT2D eigenvalue weighted by Crippen LogP contribution is -2.48. The number of halogens is 2. The predicted molar refractivity (Wildman–Crippen MR) is 118 cm³/mol. The Labute approximate surface area is 187 Å². The normalized spacial score (nSPS) is 17.0. The van der Waals surface area contributed by atoms with Crippen molar-refractivity contribution in [3.63, 3.8) is 0 Å². The third-order valence-corrected chi connectivity index (χ3v) is 6.43. The van der Waals surface area contributed by atoms with E-state index in [0.29, 0.717) is 37.1 Å². The van der Waals surface area contributed by atoms with Crippen LogP contribution in [0.5, 0.6) is 0 Å². The number of benzene rings is 1. The van der Waals surface area contributed by atoms with E-state index in [1.54, 1.807) is 18.3 Å². The minimum Gasteiger partial charge on any atom is -0.363 e. The van der Waals surface area contributed by atoms with Crippen molar-refractivity contribution in [2.45, 2.75) is 0 Å². The molecule has 4 heterocycles. The second kappa shape index (κ2) is 8.16. The zero-order valence-corrected chi connectivity index (χ0v) is 17.7. The van der Waals surface area contributed by atoms with E-state index in [1.807, 2.05) is 28.5 Å². The van der Waals surface area contributed by atoms with Crippen LogP contribution in [0.2, 0.25) is 0 Å². The third kappa shape index (κ3) is 3.44. The van der Waals surface area contributed by atoms with Crippen LogP contribution in [-0.2, 0) is 9.59 Å². The first-order valence-electron chi connectivity index (χ1n) is 10.1. The predicted octanol–water partition coefficient (Wildman–Crippen LogP) is 3.53. The maximum Gasteiger partial charge on any atom is 0.282 e. The van der Waals surface area contributed by atoms with Crippen LogP contribution in [0, 0.1) is 11.6 Å². The maximum absolute atomic E-state index is 14.5. The number of rotatable bonds is 4. The highest BCUT2D eigenvalue weighted by molar-refractivity contribution is 7.11. The summed E-state index contributed by atoms with van der Waals surface area (Å²) in [5, 5.41) is 1.82. The van der Waals surface area contributed by atoms with Gasteiger partial charge in [-0.3, -0.25) is 9.59 Å². The molecule has 2 amide bonds. The average molecular weight is 452 g/mol. The molecular weight excluding hydrogens is 434 g/mol. The van der Waals surface area contributed by atoms with E-state index in [2.05, 4.69) is 9.88 Å². The average Bonchev–Trinajstić information content (AvgIpc) is 3.41. The minimum absolute atomic E-state index is 0.250. The molecule has 0 aliphatic carbocycles. The molecule has 3 aromatic rings. The number of thiophene rings is 1. The van der Waals surface area contributed by atoms with Crippen LogP contribution in [0.3, 0.4) is 0 Å². The maximum atomic E-state index is 14.5. The fourth-order valence-corrected chi connectivity index (χ4v) is 4.80. The molecule has 0 spiro atoms. The number of pyridine rings is 1. The Morgan fingerprint density at radius 1 is 0.875 bits per heavy atom. The van der Waals surface area contributed by atoms with Gasteiger partial charge in [-0.15, -0.1) is 11.3 Å². The van der Waals surface area contributed by atoms with Gasteiger partial charge in [-0.05, 0) is 35.7 Å². The molecule has 2 aliphatic rings. The number of imide groups is 1. The molecular formula is C23H18F2N4O2S. The zero-order chi connectivity index (χ0) is 22.2. The van der Waals surface area contributed by atoms with Gasteiger partial charge >= 0.3 is 0 Å². The quantitative estimate of drug-likeness (QED) is 0.567. The first kappa shape index (κ1) is 20.3. The second-order valence-electron chi connectivity index (χ2n) is 7.40. The standard InChI is InChI=1S/C23H18F2N4O2S/c24-15-6-7-17(16(25)14-15)29-22(30)20(18-4-3-13-32-18)21(23(29)31)28-11-9-27(10-12-28)19-5-1-2-8-26-19/h1-8,13-14H,9-12H2. The number of amides is 2. The summed E-state index contributed by atoms with van der Waals surface area (Å²) in [5.41, 5.74) is 0.249. The lowest BCUT2D eigenvalue weighted by atomic mass is 10.1. The van der Waals surface area contributed by atoms with Crippen LogP contribution < -0.4 is 9.80 Å². The summed E-state index contributed by atoms with van der Waals surface area (Å²) >= 11 is 1.34. The van der Waals surface area contributed by atoms with Crippen LogP contribution in [0.25, 0.3) is 5.57 Å². The molecule has 0 radical (unpaired) electrons. The van der Waals surface area contributed by atoms with Crippen molar-refractivity contribution >= 4 is 40.2 Å². The number of carbonyl (C=O) groups excluding carboxylic acids is 2. The molecule has 0 atom stereocenters. The van der Waals surface area contributed by atoms with Crippen LogP contribution in [-0.4, -0.2) is 47.9 Å². The van der Waals surface area contributed by atoms with E-state index in [0.717, 1.165) is 22.9 Å². The van der Waals surface area contributed by atoms with Gasteiger partial charge in [-0.2, -0.15) is 0 Å². The molecule has 2 aliphatic heterocycles. The Morgan fingerprint density at radius 2 is 1.66 bits per heavy atom. The second-order valence-corrected chi connectivity index (χ2v) is 8.35. The Hall–Kier alpha value is -3.59. The molecule has 1 fully saturated rings. The van der Waals surface area contributed by atoms with Gasteiger partial charge in [-0.1, -0.05) is 12.1 Å². The first-order valence-corrected chi connectivity index (χ1v) is 11.0. The summed E-state index contributed by atoms with van der Waals surface area (Å²) in [6.07, 6.45) is 1.73. The van der Waals surface area contributed by atoms with Gasteiger partial charge in [0.2, 0.25) is 0 Å². The van der Waals surface area contributed by atoms with E-state index in [1.165, 1.54) is 11.3 Å². The van der Waals surface area contributed by atoms with Crippen molar-refractivity contribution in [2.75, 3.05) is 36.0 Å². The van der Waals surface area contributed by atoms with Gasteiger partial charge in [0, 0.05) is 43.3 Å². The van der Waals surface area contributed by atoms with Gasteiger partial charge in [0.1, 0.15) is 23.1 Å². The number of nitrogens with zero attached hydrogens (tertiary/aromatic N) is 4. The van der Waals surface area contributed by atoms with Crippen molar-refractivity contribution in [2.24, 2.45) is 0 Å². The lowest BCUT2D eigenvalue weighted by Gasteiger charge is -2.37. The third-order valence-electron chi connectivity index (χ3n) is 5.55. The van der Waals surface area contributed by atoms with E-state index >= 15 is 0 Å². The zero-order valence-electron chi connectivity index (χ0n) is 16.9. The summed E-state index contributed by atoms with van der Waals surface area (Å²) in [5.74, 6) is -2.09. The highest BCUT2D eigenvalue weighted by Crippen LogP contribution is 2.37. The Morgan fingerprint density at radius 3 is 2.31 bits per heavy atom. The highest BCUT2D eigenvalue weighted by Gasteiger charge is 2.44. The molecule has 0 N–H and O–H groups in total. The Kier molecular flexibility index (Phi) is 5.18. The highest BCUT2D eigenvalue weighted by atomic mass is 32.1.